The van der Waals surface area contributed by atoms with E-state index in [1.54, 1.807) is 24.3 Å². The van der Waals surface area contributed by atoms with E-state index in [1.807, 2.05) is 23.1 Å². The summed E-state index contributed by atoms with van der Waals surface area (Å²) in [5, 5.41) is 3.95. The van der Waals surface area contributed by atoms with E-state index >= 15 is 0 Å². The van der Waals surface area contributed by atoms with Crippen molar-refractivity contribution < 1.29 is 14.3 Å². The van der Waals surface area contributed by atoms with Crippen LogP contribution in [0.25, 0.3) is 0 Å². The Morgan fingerprint density at radius 1 is 1.07 bits per heavy atom. The highest BCUT2D eigenvalue weighted by Gasteiger charge is 2.44. The SMILES string of the molecule is O=C(Nc1cccc(OCC(=O)N2CCCC2)c1)C1CC1c1ccc(Cl)c(Cl)c1. The maximum absolute atomic E-state index is 12.6. The van der Waals surface area contributed by atoms with Gasteiger partial charge in [0.25, 0.3) is 5.91 Å². The average Bonchev–Trinajstić information content (AvgIpc) is 3.33. The molecule has 0 bridgehead atoms. The summed E-state index contributed by atoms with van der Waals surface area (Å²) in [6, 6.07) is 12.6. The Morgan fingerprint density at radius 3 is 2.62 bits per heavy atom. The normalized spacial score (nSPS) is 20.4. The number of rotatable bonds is 6. The Labute approximate surface area is 179 Å². The molecule has 1 aliphatic heterocycles. The second-order valence-electron chi connectivity index (χ2n) is 7.52. The fraction of sp³-hybridized carbons (Fsp3) is 0.364. The number of hydrogen-bond donors (Lipinski definition) is 1. The monoisotopic (exact) mass is 432 g/mol. The van der Waals surface area contributed by atoms with E-state index in [2.05, 4.69) is 5.32 Å². The summed E-state index contributed by atoms with van der Waals surface area (Å²) in [4.78, 5) is 26.5. The quantitative estimate of drug-likeness (QED) is 0.716. The number of amides is 2. The van der Waals surface area contributed by atoms with Crippen molar-refractivity contribution in [1.82, 2.24) is 4.90 Å². The predicted octanol–water partition coefficient (Wildman–Crippen LogP) is 4.74. The number of benzene rings is 2. The van der Waals surface area contributed by atoms with E-state index < -0.39 is 0 Å². The molecule has 2 atom stereocenters. The molecule has 2 fully saturated rings. The van der Waals surface area contributed by atoms with Crippen LogP contribution in [-0.4, -0.2) is 36.4 Å². The first-order valence-electron chi connectivity index (χ1n) is 9.78. The van der Waals surface area contributed by atoms with Crippen molar-refractivity contribution in [3.05, 3.63) is 58.1 Å². The molecule has 152 valence electrons. The maximum atomic E-state index is 12.6. The summed E-state index contributed by atoms with van der Waals surface area (Å²) in [7, 11) is 0. The molecule has 2 aromatic rings. The van der Waals surface area contributed by atoms with Crippen molar-refractivity contribution in [2.45, 2.75) is 25.2 Å². The molecule has 0 radical (unpaired) electrons. The predicted molar refractivity (Wildman–Crippen MR) is 114 cm³/mol. The Balaban J connectivity index is 1.31. The summed E-state index contributed by atoms with van der Waals surface area (Å²) in [5.41, 5.74) is 1.68. The summed E-state index contributed by atoms with van der Waals surface area (Å²) >= 11 is 12.0. The van der Waals surface area contributed by atoms with Gasteiger partial charge in [-0.05, 0) is 55.0 Å². The fourth-order valence-corrected chi connectivity index (χ4v) is 4.00. The average molecular weight is 433 g/mol. The summed E-state index contributed by atoms with van der Waals surface area (Å²) < 4.78 is 5.62. The van der Waals surface area contributed by atoms with Gasteiger partial charge in [-0.2, -0.15) is 0 Å². The molecule has 1 saturated carbocycles. The van der Waals surface area contributed by atoms with E-state index in [1.165, 1.54) is 0 Å². The molecule has 0 spiro atoms. The van der Waals surface area contributed by atoms with Gasteiger partial charge in [0.1, 0.15) is 5.75 Å². The molecule has 1 N–H and O–H groups in total. The van der Waals surface area contributed by atoms with Gasteiger partial charge in [0.05, 0.1) is 10.0 Å². The van der Waals surface area contributed by atoms with Crippen LogP contribution in [0.5, 0.6) is 5.75 Å². The lowest BCUT2D eigenvalue weighted by Gasteiger charge is -2.15. The van der Waals surface area contributed by atoms with E-state index in [9.17, 15) is 9.59 Å². The third kappa shape index (κ3) is 4.85. The molecule has 1 saturated heterocycles. The van der Waals surface area contributed by atoms with Crippen LogP contribution in [0, 0.1) is 5.92 Å². The van der Waals surface area contributed by atoms with Crippen LogP contribution in [0.1, 0.15) is 30.7 Å². The highest BCUT2D eigenvalue weighted by Crippen LogP contribution is 2.49. The molecular formula is C22H22Cl2N2O3. The number of halogens is 2. The smallest absolute Gasteiger partial charge is 0.260 e. The molecule has 4 rings (SSSR count). The van der Waals surface area contributed by atoms with Crippen LogP contribution >= 0.6 is 23.2 Å². The molecule has 0 aromatic heterocycles. The largest absolute Gasteiger partial charge is 0.484 e. The third-order valence-corrected chi connectivity index (χ3v) is 6.16. The molecule has 2 unspecified atom stereocenters. The van der Waals surface area contributed by atoms with Crippen molar-refractivity contribution in [2.75, 3.05) is 25.0 Å². The van der Waals surface area contributed by atoms with Gasteiger partial charge < -0.3 is 15.0 Å². The summed E-state index contributed by atoms with van der Waals surface area (Å²) in [6.45, 7) is 1.62. The first-order valence-corrected chi connectivity index (χ1v) is 10.5. The number of anilines is 1. The van der Waals surface area contributed by atoms with E-state index in [0.29, 0.717) is 21.5 Å². The van der Waals surface area contributed by atoms with Crippen molar-refractivity contribution >= 4 is 40.7 Å². The zero-order valence-corrected chi connectivity index (χ0v) is 17.4. The van der Waals surface area contributed by atoms with Crippen LogP contribution in [0.2, 0.25) is 10.0 Å². The minimum atomic E-state index is -0.0893. The zero-order chi connectivity index (χ0) is 20.4. The number of nitrogens with zero attached hydrogens (tertiary/aromatic N) is 1. The van der Waals surface area contributed by atoms with Gasteiger partial charge in [0.15, 0.2) is 6.61 Å². The Hall–Kier alpha value is -2.24. The number of ether oxygens (including phenoxy) is 1. The molecule has 1 aliphatic carbocycles. The topological polar surface area (TPSA) is 58.6 Å². The van der Waals surface area contributed by atoms with Crippen LogP contribution in [0.4, 0.5) is 5.69 Å². The standard InChI is InChI=1S/C22H22Cl2N2O3/c23-19-7-6-14(10-20(19)24)17-12-18(17)22(28)25-15-4-3-5-16(11-15)29-13-21(27)26-8-1-2-9-26/h3-7,10-11,17-18H,1-2,8-9,12-13H2,(H,25,28). The number of nitrogens with one attached hydrogen (secondary N) is 1. The summed E-state index contributed by atoms with van der Waals surface area (Å²) in [6.07, 6.45) is 2.89. The third-order valence-electron chi connectivity index (χ3n) is 5.42. The number of carbonyl (C=O) groups excluding carboxylic acids is 2. The van der Waals surface area contributed by atoms with Crippen molar-refractivity contribution in [1.29, 1.82) is 0 Å². The number of likely N-dealkylation sites (tertiary alicyclic amines) is 1. The summed E-state index contributed by atoms with van der Waals surface area (Å²) in [5.74, 6) is 0.591. The van der Waals surface area contributed by atoms with Crippen molar-refractivity contribution in [3.8, 4) is 5.75 Å². The Bertz CT molecular complexity index is 928. The van der Waals surface area contributed by atoms with Crippen LogP contribution in [0.3, 0.4) is 0 Å². The van der Waals surface area contributed by atoms with Gasteiger partial charge in [-0.25, -0.2) is 0 Å². The Kier molecular flexibility index (Phi) is 5.97. The fourth-order valence-electron chi connectivity index (χ4n) is 3.70. The molecule has 1 heterocycles. The van der Waals surface area contributed by atoms with Gasteiger partial charge >= 0.3 is 0 Å². The second kappa shape index (κ2) is 8.64. The molecule has 2 aromatic carbocycles. The molecule has 29 heavy (non-hydrogen) atoms. The van der Waals surface area contributed by atoms with Gasteiger partial charge in [-0.1, -0.05) is 35.3 Å². The van der Waals surface area contributed by atoms with E-state index in [-0.39, 0.29) is 30.3 Å². The van der Waals surface area contributed by atoms with E-state index in [4.69, 9.17) is 27.9 Å². The van der Waals surface area contributed by atoms with Crippen LogP contribution in [0.15, 0.2) is 42.5 Å². The van der Waals surface area contributed by atoms with Crippen molar-refractivity contribution in [3.63, 3.8) is 0 Å². The minimum Gasteiger partial charge on any atom is -0.484 e. The lowest BCUT2D eigenvalue weighted by atomic mass is 10.1. The van der Waals surface area contributed by atoms with Gasteiger partial charge in [-0.15, -0.1) is 0 Å². The van der Waals surface area contributed by atoms with Gasteiger partial charge in [-0.3, -0.25) is 9.59 Å². The molecular weight excluding hydrogens is 411 g/mol. The van der Waals surface area contributed by atoms with Crippen LogP contribution in [-0.2, 0) is 9.59 Å². The molecule has 5 nitrogen and oxygen atoms in total. The molecule has 2 aliphatic rings. The first kappa shape index (κ1) is 20.0. The second-order valence-corrected chi connectivity index (χ2v) is 8.33. The lowest BCUT2D eigenvalue weighted by molar-refractivity contribution is -0.132. The number of hydrogen-bond acceptors (Lipinski definition) is 3. The van der Waals surface area contributed by atoms with Gasteiger partial charge in [0.2, 0.25) is 5.91 Å². The maximum Gasteiger partial charge on any atom is 0.260 e. The van der Waals surface area contributed by atoms with E-state index in [0.717, 1.165) is 37.9 Å². The first-order chi connectivity index (χ1) is 14.0. The lowest BCUT2D eigenvalue weighted by Crippen LogP contribution is -2.32. The number of carbonyl (C=O) groups is 2. The highest BCUT2D eigenvalue weighted by molar-refractivity contribution is 6.42. The zero-order valence-electron chi connectivity index (χ0n) is 15.9. The van der Waals surface area contributed by atoms with Crippen LogP contribution < -0.4 is 10.1 Å². The minimum absolute atomic E-state index is 0.000568. The highest BCUT2D eigenvalue weighted by atomic mass is 35.5. The molecule has 7 heteroatoms. The Morgan fingerprint density at radius 2 is 1.86 bits per heavy atom. The molecule has 2 amide bonds. The van der Waals surface area contributed by atoms with Crippen molar-refractivity contribution in [2.24, 2.45) is 5.92 Å². The van der Waals surface area contributed by atoms with Gasteiger partial charge in [0, 0.05) is 30.8 Å².